The molecule has 0 bridgehead atoms. The molecule has 3 rings (SSSR count). The predicted octanol–water partition coefficient (Wildman–Crippen LogP) is 5.71. The fourth-order valence-electron chi connectivity index (χ4n) is 2.76. The van der Waals surface area contributed by atoms with Crippen LogP contribution in [-0.4, -0.2) is 23.6 Å². The molecule has 0 aromatic heterocycles. The van der Waals surface area contributed by atoms with E-state index >= 15 is 0 Å². The molecule has 3 aromatic rings. The van der Waals surface area contributed by atoms with Gasteiger partial charge in [-0.05, 0) is 31.4 Å². The van der Waals surface area contributed by atoms with Crippen LogP contribution in [-0.2, 0) is 9.53 Å². The second-order valence-corrected chi connectivity index (χ2v) is 7.67. The summed E-state index contributed by atoms with van der Waals surface area (Å²) in [7, 11) is 0. The van der Waals surface area contributed by atoms with Crippen molar-refractivity contribution in [2.75, 3.05) is 5.75 Å². The lowest BCUT2D eigenvalue weighted by Gasteiger charge is -2.13. The van der Waals surface area contributed by atoms with Crippen molar-refractivity contribution in [1.82, 2.24) is 0 Å². The van der Waals surface area contributed by atoms with E-state index < -0.39 is 12.1 Å². The third-order valence-electron chi connectivity index (χ3n) is 4.17. The van der Waals surface area contributed by atoms with E-state index in [9.17, 15) is 9.59 Å². The number of fused-ring (bicyclic) bond motifs is 1. The van der Waals surface area contributed by atoms with Crippen LogP contribution in [0.25, 0.3) is 10.8 Å². The number of esters is 1. The molecule has 138 valence electrons. The first-order chi connectivity index (χ1) is 13.0. The molecule has 0 aliphatic heterocycles. The molecule has 3 nitrogen and oxygen atoms in total. The number of hydrogen-bond donors (Lipinski definition) is 0. The number of carbonyl (C=O) groups excluding carboxylic acids is 2. The number of benzene rings is 3. The Morgan fingerprint density at radius 2 is 1.70 bits per heavy atom. The maximum absolute atomic E-state index is 12.4. The number of halogens is 1. The topological polar surface area (TPSA) is 43.4 Å². The number of carbonyl (C=O) groups is 2. The van der Waals surface area contributed by atoms with E-state index in [1.54, 1.807) is 19.1 Å². The first-order valence-corrected chi connectivity index (χ1v) is 9.92. The summed E-state index contributed by atoms with van der Waals surface area (Å²) in [6.07, 6.45) is -0.822. The van der Waals surface area contributed by atoms with E-state index in [1.165, 1.54) is 11.8 Å². The highest BCUT2D eigenvalue weighted by Crippen LogP contribution is 2.33. The van der Waals surface area contributed by atoms with Crippen LogP contribution in [0, 0.1) is 6.92 Å². The lowest BCUT2D eigenvalue weighted by molar-refractivity contribution is -0.143. The van der Waals surface area contributed by atoms with Gasteiger partial charge in [-0.3, -0.25) is 9.59 Å². The number of rotatable bonds is 6. The van der Waals surface area contributed by atoms with Crippen LogP contribution in [0.15, 0.2) is 65.6 Å². The van der Waals surface area contributed by atoms with Crippen molar-refractivity contribution in [3.63, 3.8) is 0 Å². The first-order valence-electron chi connectivity index (χ1n) is 8.56. The molecule has 0 saturated heterocycles. The van der Waals surface area contributed by atoms with E-state index in [0.717, 1.165) is 21.2 Å². The molecule has 0 heterocycles. The van der Waals surface area contributed by atoms with E-state index in [2.05, 4.69) is 0 Å². The highest BCUT2D eigenvalue weighted by molar-refractivity contribution is 8.00. The Kier molecular flexibility index (Phi) is 6.19. The zero-order valence-electron chi connectivity index (χ0n) is 15.1. The standard InChI is InChI=1S/C22H19ClO3S/c1-14-9-11-17(12-10-14)22(25)15(2)26-20(24)13-27-19-8-4-6-16-5-3-7-18(23)21(16)19/h3-12,15H,13H2,1-2H3/t15-/m1/s1. The number of thioether (sulfide) groups is 1. The molecule has 0 amide bonds. The molecule has 0 unspecified atom stereocenters. The molecule has 5 heteroatoms. The first kappa shape index (κ1) is 19.5. The van der Waals surface area contributed by atoms with Gasteiger partial charge in [-0.25, -0.2) is 0 Å². The van der Waals surface area contributed by atoms with Gasteiger partial charge in [0.25, 0.3) is 0 Å². The number of ketones is 1. The summed E-state index contributed by atoms with van der Waals surface area (Å²) >= 11 is 7.66. The van der Waals surface area contributed by atoms with Crippen molar-refractivity contribution in [2.45, 2.75) is 24.8 Å². The van der Waals surface area contributed by atoms with Crippen LogP contribution in [0.5, 0.6) is 0 Å². The van der Waals surface area contributed by atoms with E-state index in [4.69, 9.17) is 16.3 Å². The number of Topliss-reactive ketones (excluding diaryl/α,β-unsaturated/α-hetero) is 1. The van der Waals surface area contributed by atoms with Gasteiger partial charge in [-0.1, -0.05) is 65.7 Å². The summed E-state index contributed by atoms with van der Waals surface area (Å²) in [6, 6.07) is 18.7. The Hall–Kier alpha value is -2.30. The minimum absolute atomic E-state index is 0.107. The SMILES string of the molecule is Cc1ccc(C(=O)[C@@H](C)OC(=O)CSc2cccc3cccc(Cl)c23)cc1. The Morgan fingerprint density at radius 3 is 2.41 bits per heavy atom. The normalized spacial score (nSPS) is 12.0. The van der Waals surface area contributed by atoms with Gasteiger partial charge in [-0.15, -0.1) is 11.8 Å². The van der Waals surface area contributed by atoms with Gasteiger partial charge in [-0.2, -0.15) is 0 Å². The Labute approximate surface area is 167 Å². The minimum atomic E-state index is -0.822. The third kappa shape index (κ3) is 4.71. The summed E-state index contributed by atoms with van der Waals surface area (Å²) in [6.45, 7) is 3.55. The fraction of sp³-hybridized carbons (Fsp3) is 0.182. The lowest BCUT2D eigenvalue weighted by atomic mass is 10.1. The molecule has 27 heavy (non-hydrogen) atoms. The van der Waals surface area contributed by atoms with Gasteiger partial charge in [0.1, 0.15) is 0 Å². The van der Waals surface area contributed by atoms with Crippen molar-refractivity contribution >= 4 is 45.9 Å². The zero-order chi connectivity index (χ0) is 19.4. The van der Waals surface area contributed by atoms with Crippen LogP contribution >= 0.6 is 23.4 Å². The molecular weight excluding hydrogens is 380 g/mol. The molecule has 1 atom stereocenters. The average Bonchev–Trinajstić information content (AvgIpc) is 2.66. The van der Waals surface area contributed by atoms with Gasteiger partial charge < -0.3 is 4.74 Å². The van der Waals surface area contributed by atoms with Crippen molar-refractivity contribution < 1.29 is 14.3 Å². The van der Waals surface area contributed by atoms with Crippen molar-refractivity contribution in [1.29, 1.82) is 0 Å². The molecule has 0 aliphatic carbocycles. The summed E-state index contributed by atoms with van der Waals surface area (Å²) in [5.41, 5.74) is 1.61. The van der Waals surface area contributed by atoms with Crippen LogP contribution in [0.1, 0.15) is 22.8 Å². The number of ether oxygens (including phenoxy) is 1. The van der Waals surface area contributed by atoms with Gasteiger partial charge in [0, 0.05) is 20.9 Å². The summed E-state index contributed by atoms with van der Waals surface area (Å²) in [4.78, 5) is 25.5. The Morgan fingerprint density at radius 1 is 1.04 bits per heavy atom. The molecule has 0 radical (unpaired) electrons. The van der Waals surface area contributed by atoms with Crippen LogP contribution in [0.2, 0.25) is 5.02 Å². The number of hydrogen-bond acceptors (Lipinski definition) is 4. The monoisotopic (exact) mass is 398 g/mol. The average molecular weight is 399 g/mol. The smallest absolute Gasteiger partial charge is 0.316 e. The van der Waals surface area contributed by atoms with Crippen molar-refractivity contribution in [3.05, 3.63) is 76.8 Å². The molecule has 0 aliphatic rings. The second kappa shape index (κ2) is 8.59. The lowest BCUT2D eigenvalue weighted by Crippen LogP contribution is -2.25. The van der Waals surface area contributed by atoms with Crippen LogP contribution in [0.4, 0.5) is 0 Å². The highest BCUT2D eigenvalue weighted by Gasteiger charge is 2.19. The second-order valence-electron chi connectivity index (χ2n) is 6.25. The molecule has 3 aromatic carbocycles. The van der Waals surface area contributed by atoms with E-state index in [0.29, 0.717) is 10.6 Å². The molecule has 0 N–H and O–H groups in total. The Balaban J connectivity index is 1.63. The van der Waals surface area contributed by atoms with E-state index in [-0.39, 0.29) is 11.5 Å². The Bertz CT molecular complexity index is 977. The van der Waals surface area contributed by atoms with Crippen LogP contribution in [0.3, 0.4) is 0 Å². The zero-order valence-corrected chi connectivity index (χ0v) is 16.6. The van der Waals surface area contributed by atoms with Gasteiger partial charge >= 0.3 is 5.97 Å². The minimum Gasteiger partial charge on any atom is -0.454 e. The maximum Gasteiger partial charge on any atom is 0.316 e. The van der Waals surface area contributed by atoms with Crippen molar-refractivity contribution in [2.24, 2.45) is 0 Å². The van der Waals surface area contributed by atoms with Gasteiger partial charge in [0.2, 0.25) is 5.78 Å². The highest BCUT2D eigenvalue weighted by atomic mass is 35.5. The van der Waals surface area contributed by atoms with Crippen molar-refractivity contribution in [3.8, 4) is 0 Å². The third-order valence-corrected chi connectivity index (χ3v) is 5.52. The van der Waals surface area contributed by atoms with Gasteiger partial charge in [0.15, 0.2) is 6.10 Å². The van der Waals surface area contributed by atoms with E-state index in [1.807, 2.05) is 55.5 Å². The quantitative estimate of drug-likeness (QED) is 0.303. The molecule has 0 spiro atoms. The summed E-state index contributed by atoms with van der Waals surface area (Å²) in [5.74, 6) is -0.533. The summed E-state index contributed by atoms with van der Waals surface area (Å²) in [5, 5.41) is 2.58. The molecule has 0 fully saturated rings. The van der Waals surface area contributed by atoms with Crippen LogP contribution < -0.4 is 0 Å². The largest absolute Gasteiger partial charge is 0.454 e. The summed E-state index contributed by atoms with van der Waals surface area (Å²) < 4.78 is 5.32. The van der Waals surface area contributed by atoms with Gasteiger partial charge in [0.05, 0.1) is 5.75 Å². The molecular formula is C22H19ClO3S. The predicted molar refractivity (Wildman–Crippen MR) is 111 cm³/mol. The fourth-order valence-corrected chi connectivity index (χ4v) is 3.98. The maximum atomic E-state index is 12.4. The molecule has 0 saturated carbocycles. The number of aryl methyl sites for hydroxylation is 1.